The van der Waals surface area contributed by atoms with E-state index in [4.69, 9.17) is 11.6 Å². The highest BCUT2D eigenvalue weighted by Gasteiger charge is 2.05. The van der Waals surface area contributed by atoms with Crippen LogP contribution in [-0.2, 0) is 6.42 Å². The first-order chi connectivity index (χ1) is 7.31. The second-order valence-corrected chi connectivity index (χ2v) is 3.72. The van der Waals surface area contributed by atoms with Crippen LogP contribution in [0.1, 0.15) is 26.0 Å². The topological polar surface area (TPSA) is 29.0 Å². The summed E-state index contributed by atoms with van der Waals surface area (Å²) in [6.07, 6.45) is 3.57. The van der Waals surface area contributed by atoms with E-state index in [2.05, 4.69) is 34.8 Å². The Kier molecular flexibility index (Phi) is 5.40. The lowest BCUT2D eigenvalue weighted by Gasteiger charge is -2.21. The maximum absolute atomic E-state index is 5.69. The van der Waals surface area contributed by atoms with Crippen LogP contribution >= 0.6 is 11.6 Å². The van der Waals surface area contributed by atoms with Crippen molar-refractivity contribution >= 4 is 17.4 Å². The molecule has 3 nitrogen and oxygen atoms in total. The van der Waals surface area contributed by atoms with Gasteiger partial charge in [0.15, 0.2) is 0 Å². The number of aryl methyl sites for hydroxylation is 1. The maximum Gasteiger partial charge on any atom is 0.132 e. The van der Waals surface area contributed by atoms with Gasteiger partial charge in [0.25, 0.3) is 0 Å². The normalized spacial score (nSPS) is 10.3. The smallest absolute Gasteiger partial charge is 0.132 e. The Balaban J connectivity index is 2.72. The number of halogens is 1. The lowest BCUT2D eigenvalue weighted by molar-refractivity contribution is 0.776. The molecule has 0 N–H and O–H groups in total. The van der Waals surface area contributed by atoms with Crippen LogP contribution < -0.4 is 4.90 Å². The van der Waals surface area contributed by atoms with Crippen molar-refractivity contribution in [2.45, 2.75) is 26.7 Å². The van der Waals surface area contributed by atoms with Crippen LogP contribution in [-0.4, -0.2) is 28.9 Å². The standard InChI is InChI=1S/C11H18ClN3/c1-3-10-8-11(14-9-13-10)15(4-2)7-5-6-12/h8-9H,3-7H2,1-2H3. The monoisotopic (exact) mass is 227 g/mol. The van der Waals surface area contributed by atoms with Gasteiger partial charge in [-0.15, -0.1) is 11.6 Å². The van der Waals surface area contributed by atoms with Crippen LogP contribution in [0.5, 0.6) is 0 Å². The van der Waals surface area contributed by atoms with E-state index in [0.717, 1.165) is 37.4 Å². The van der Waals surface area contributed by atoms with Gasteiger partial charge in [-0.2, -0.15) is 0 Å². The van der Waals surface area contributed by atoms with E-state index in [1.54, 1.807) is 6.33 Å². The summed E-state index contributed by atoms with van der Waals surface area (Å²) in [6.45, 7) is 6.14. The molecule has 0 aliphatic rings. The fraction of sp³-hybridized carbons (Fsp3) is 0.636. The number of nitrogens with zero attached hydrogens (tertiary/aromatic N) is 3. The summed E-state index contributed by atoms with van der Waals surface area (Å²) in [5.74, 6) is 1.71. The molecule has 4 heteroatoms. The average Bonchev–Trinajstić information content (AvgIpc) is 2.30. The van der Waals surface area contributed by atoms with Crippen molar-refractivity contribution in [3.8, 4) is 0 Å². The van der Waals surface area contributed by atoms with Crippen LogP contribution in [0.3, 0.4) is 0 Å². The first-order valence-corrected chi connectivity index (χ1v) is 5.97. The summed E-state index contributed by atoms with van der Waals surface area (Å²) < 4.78 is 0. The van der Waals surface area contributed by atoms with E-state index in [0.29, 0.717) is 5.88 Å². The first kappa shape index (κ1) is 12.2. The fourth-order valence-corrected chi connectivity index (χ4v) is 1.56. The van der Waals surface area contributed by atoms with Gasteiger partial charge in [0.1, 0.15) is 12.1 Å². The van der Waals surface area contributed by atoms with Crippen molar-refractivity contribution in [2.75, 3.05) is 23.9 Å². The van der Waals surface area contributed by atoms with Crippen molar-refractivity contribution in [3.63, 3.8) is 0 Å². The second-order valence-electron chi connectivity index (χ2n) is 3.34. The molecule has 1 aromatic heterocycles. The SMILES string of the molecule is CCc1cc(N(CC)CCCCl)ncn1. The summed E-state index contributed by atoms with van der Waals surface area (Å²) in [7, 11) is 0. The highest BCUT2D eigenvalue weighted by molar-refractivity contribution is 6.17. The molecule has 0 fully saturated rings. The molecule has 15 heavy (non-hydrogen) atoms. The maximum atomic E-state index is 5.69. The third-order valence-corrected chi connectivity index (χ3v) is 2.61. The lowest BCUT2D eigenvalue weighted by atomic mass is 10.3. The minimum Gasteiger partial charge on any atom is -0.357 e. The molecule has 0 amide bonds. The van der Waals surface area contributed by atoms with E-state index < -0.39 is 0 Å². The summed E-state index contributed by atoms with van der Waals surface area (Å²) in [4.78, 5) is 10.7. The van der Waals surface area contributed by atoms with E-state index in [1.165, 1.54) is 0 Å². The number of hydrogen-bond acceptors (Lipinski definition) is 3. The van der Waals surface area contributed by atoms with Crippen LogP contribution in [0.2, 0.25) is 0 Å². The number of rotatable bonds is 6. The van der Waals surface area contributed by atoms with Gasteiger partial charge in [0.05, 0.1) is 0 Å². The zero-order valence-corrected chi connectivity index (χ0v) is 10.2. The molecular weight excluding hydrogens is 210 g/mol. The van der Waals surface area contributed by atoms with E-state index >= 15 is 0 Å². The molecule has 0 aliphatic heterocycles. The third-order valence-electron chi connectivity index (χ3n) is 2.34. The summed E-state index contributed by atoms with van der Waals surface area (Å²) >= 11 is 5.69. The lowest BCUT2D eigenvalue weighted by Crippen LogP contribution is -2.25. The highest BCUT2D eigenvalue weighted by atomic mass is 35.5. The molecule has 0 saturated heterocycles. The number of anilines is 1. The molecule has 0 saturated carbocycles. The molecule has 1 rings (SSSR count). The first-order valence-electron chi connectivity index (χ1n) is 5.43. The van der Waals surface area contributed by atoms with Crippen LogP contribution in [0.15, 0.2) is 12.4 Å². The van der Waals surface area contributed by atoms with Crippen molar-refractivity contribution in [1.29, 1.82) is 0 Å². The van der Waals surface area contributed by atoms with Crippen LogP contribution in [0.4, 0.5) is 5.82 Å². The van der Waals surface area contributed by atoms with E-state index in [-0.39, 0.29) is 0 Å². The predicted octanol–water partition coefficient (Wildman–Crippen LogP) is 2.49. The second kappa shape index (κ2) is 6.62. The van der Waals surface area contributed by atoms with Gasteiger partial charge >= 0.3 is 0 Å². The van der Waals surface area contributed by atoms with Crippen molar-refractivity contribution in [1.82, 2.24) is 9.97 Å². The Labute approximate surface area is 96.5 Å². The van der Waals surface area contributed by atoms with Gasteiger partial charge in [-0.05, 0) is 19.8 Å². The van der Waals surface area contributed by atoms with Crippen molar-refractivity contribution in [2.24, 2.45) is 0 Å². The Morgan fingerprint density at radius 3 is 2.73 bits per heavy atom. The molecular formula is C11H18ClN3. The number of aromatic nitrogens is 2. The molecule has 1 aromatic rings. The molecule has 0 spiro atoms. The van der Waals surface area contributed by atoms with Crippen LogP contribution in [0, 0.1) is 0 Å². The van der Waals surface area contributed by atoms with Gasteiger partial charge < -0.3 is 4.90 Å². The highest BCUT2D eigenvalue weighted by Crippen LogP contribution is 2.11. The zero-order valence-electron chi connectivity index (χ0n) is 9.41. The van der Waals surface area contributed by atoms with Crippen molar-refractivity contribution in [3.05, 3.63) is 18.1 Å². The zero-order chi connectivity index (χ0) is 11.1. The molecule has 0 atom stereocenters. The summed E-state index contributed by atoms with van der Waals surface area (Å²) in [5.41, 5.74) is 1.09. The fourth-order valence-electron chi connectivity index (χ4n) is 1.44. The third kappa shape index (κ3) is 3.67. The van der Waals surface area contributed by atoms with E-state index in [1.807, 2.05) is 0 Å². The minimum absolute atomic E-state index is 0.697. The van der Waals surface area contributed by atoms with E-state index in [9.17, 15) is 0 Å². The average molecular weight is 228 g/mol. The van der Waals surface area contributed by atoms with Gasteiger partial charge in [-0.25, -0.2) is 9.97 Å². The molecule has 0 aromatic carbocycles. The largest absolute Gasteiger partial charge is 0.357 e. The predicted molar refractivity (Wildman–Crippen MR) is 64.6 cm³/mol. The van der Waals surface area contributed by atoms with Gasteiger partial charge in [-0.3, -0.25) is 0 Å². The summed E-state index contributed by atoms with van der Waals surface area (Å²) in [5, 5.41) is 0. The Morgan fingerprint density at radius 1 is 1.33 bits per heavy atom. The molecule has 84 valence electrons. The number of alkyl halides is 1. The minimum atomic E-state index is 0.697. The van der Waals surface area contributed by atoms with Gasteiger partial charge in [-0.1, -0.05) is 6.92 Å². The molecule has 0 unspecified atom stereocenters. The van der Waals surface area contributed by atoms with Gasteiger partial charge in [0.2, 0.25) is 0 Å². The van der Waals surface area contributed by atoms with Crippen LogP contribution in [0.25, 0.3) is 0 Å². The quantitative estimate of drug-likeness (QED) is 0.700. The Hall–Kier alpha value is -0.830. The molecule has 0 bridgehead atoms. The molecule has 0 aliphatic carbocycles. The van der Waals surface area contributed by atoms with Gasteiger partial charge in [0, 0.05) is 30.7 Å². The van der Waals surface area contributed by atoms with Crippen molar-refractivity contribution < 1.29 is 0 Å². The molecule has 0 radical (unpaired) electrons. The summed E-state index contributed by atoms with van der Waals surface area (Å²) in [6, 6.07) is 2.05. The number of hydrogen-bond donors (Lipinski definition) is 0. The molecule has 1 heterocycles. The Morgan fingerprint density at radius 2 is 2.13 bits per heavy atom. The Bertz CT molecular complexity index is 291.